The van der Waals surface area contributed by atoms with Gasteiger partial charge in [-0.3, -0.25) is 9.69 Å². The average Bonchev–Trinajstić information content (AvgIpc) is 3.10. The Morgan fingerprint density at radius 1 is 1.35 bits per heavy atom. The van der Waals surface area contributed by atoms with Gasteiger partial charge in [0, 0.05) is 56.7 Å². The zero-order chi connectivity index (χ0) is 16.2. The Kier molecular flexibility index (Phi) is 5.69. The molecule has 23 heavy (non-hydrogen) atoms. The summed E-state index contributed by atoms with van der Waals surface area (Å²) in [6.45, 7) is 8.75. The molecular formula is C17H28N4OS. The first-order valence-electron chi connectivity index (χ1n) is 8.68. The monoisotopic (exact) mass is 336 g/mol. The van der Waals surface area contributed by atoms with Gasteiger partial charge in [-0.15, -0.1) is 11.3 Å². The molecule has 2 aliphatic heterocycles. The van der Waals surface area contributed by atoms with Crippen molar-refractivity contribution in [1.29, 1.82) is 0 Å². The standard InChI is InChI=1S/C17H28N4OS/c1-3-14-13-18-6-7-21(14)16(15-5-4-12-23-15)17(22)20-10-8-19(2)9-11-20/h4-5,12,14,16,18H,3,6-11,13H2,1-2H3. The average molecular weight is 337 g/mol. The van der Waals surface area contributed by atoms with Crippen molar-refractivity contribution in [1.82, 2.24) is 20.0 Å². The van der Waals surface area contributed by atoms with Gasteiger partial charge in [0.05, 0.1) is 0 Å². The minimum atomic E-state index is -0.106. The van der Waals surface area contributed by atoms with Crippen LogP contribution in [0.3, 0.4) is 0 Å². The predicted molar refractivity (Wildman–Crippen MR) is 94.8 cm³/mol. The molecule has 2 atom stereocenters. The highest BCUT2D eigenvalue weighted by atomic mass is 32.1. The lowest BCUT2D eigenvalue weighted by molar-refractivity contribution is -0.140. The molecule has 1 amide bonds. The van der Waals surface area contributed by atoms with Gasteiger partial charge in [0.15, 0.2) is 0 Å². The van der Waals surface area contributed by atoms with E-state index in [4.69, 9.17) is 0 Å². The summed E-state index contributed by atoms with van der Waals surface area (Å²) in [5.74, 6) is 0.293. The first kappa shape index (κ1) is 16.9. The maximum absolute atomic E-state index is 13.3. The van der Waals surface area contributed by atoms with Gasteiger partial charge in [0.1, 0.15) is 6.04 Å². The molecule has 0 aliphatic carbocycles. The van der Waals surface area contributed by atoms with E-state index in [1.807, 2.05) is 0 Å². The van der Waals surface area contributed by atoms with Gasteiger partial charge >= 0.3 is 0 Å². The summed E-state index contributed by atoms with van der Waals surface area (Å²) in [6.07, 6.45) is 1.07. The number of hydrogen-bond acceptors (Lipinski definition) is 5. The Morgan fingerprint density at radius 2 is 2.13 bits per heavy atom. The number of piperazine rings is 2. The van der Waals surface area contributed by atoms with Crippen LogP contribution in [-0.4, -0.2) is 79.5 Å². The third-order valence-electron chi connectivity index (χ3n) is 5.06. The Bertz CT molecular complexity index is 499. The zero-order valence-corrected chi connectivity index (χ0v) is 15.0. The number of rotatable bonds is 4. The molecule has 1 aromatic heterocycles. The van der Waals surface area contributed by atoms with E-state index in [-0.39, 0.29) is 6.04 Å². The van der Waals surface area contributed by atoms with Crippen LogP contribution < -0.4 is 5.32 Å². The molecule has 0 spiro atoms. The van der Waals surface area contributed by atoms with Crippen molar-refractivity contribution in [3.63, 3.8) is 0 Å². The first-order valence-corrected chi connectivity index (χ1v) is 9.56. The summed E-state index contributed by atoms with van der Waals surface area (Å²) in [7, 11) is 2.13. The molecule has 2 aliphatic rings. The predicted octanol–water partition coefficient (Wildman–Crippen LogP) is 1.25. The van der Waals surface area contributed by atoms with Crippen LogP contribution in [0.5, 0.6) is 0 Å². The van der Waals surface area contributed by atoms with Crippen LogP contribution in [0.2, 0.25) is 0 Å². The summed E-state index contributed by atoms with van der Waals surface area (Å²) in [6, 6.07) is 4.52. The van der Waals surface area contributed by atoms with Crippen LogP contribution in [0.15, 0.2) is 17.5 Å². The molecule has 1 N–H and O–H groups in total. The van der Waals surface area contributed by atoms with Crippen LogP contribution in [-0.2, 0) is 4.79 Å². The number of amides is 1. The fourth-order valence-corrected chi connectivity index (χ4v) is 4.41. The molecular weight excluding hydrogens is 308 g/mol. The van der Waals surface area contributed by atoms with E-state index in [0.717, 1.165) is 52.2 Å². The normalized spacial score (nSPS) is 25.5. The van der Waals surface area contributed by atoms with Gasteiger partial charge in [-0.05, 0) is 24.9 Å². The summed E-state index contributed by atoms with van der Waals surface area (Å²) in [4.78, 5) is 21.3. The van der Waals surface area contributed by atoms with Gasteiger partial charge in [0.2, 0.25) is 5.91 Å². The van der Waals surface area contributed by atoms with Gasteiger partial charge in [-0.25, -0.2) is 0 Å². The van der Waals surface area contributed by atoms with Crippen molar-refractivity contribution in [3.8, 4) is 0 Å². The van der Waals surface area contributed by atoms with Crippen LogP contribution >= 0.6 is 11.3 Å². The maximum Gasteiger partial charge on any atom is 0.245 e. The topological polar surface area (TPSA) is 38.8 Å². The number of nitrogens with zero attached hydrogens (tertiary/aromatic N) is 3. The Morgan fingerprint density at radius 3 is 2.78 bits per heavy atom. The van der Waals surface area contributed by atoms with E-state index in [1.54, 1.807) is 11.3 Å². The molecule has 2 unspecified atom stereocenters. The highest BCUT2D eigenvalue weighted by molar-refractivity contribution is 7.10. The van der Waals surface area contributed by atoms with Gasteiger partial charge < -0.3 is 15.1 Å². The molecule has 2 saturated heterocycles. The second-order valence-corrected chi connectivity index (χ2v) is 7.53. The van der Waals surface area contributed by atoms with Crippen molar-refractivity contribution >= 4 is 17.2 Å². The number of nitrogens with one attached hydrogen (secondary N) is 1. The fraction of sp³-hybridized carbons (Fsp3) is 0.706. The smallest absolute Gasteiger partial charge is 0.245 e. The minimum absolute atomic E-state index is 0.106. The van der Waals surface area contributed by atoms with Crippen molar-refractivity contribution in [2.45, 2.75) is 25.4 Å². The second kappa shape index (κ2) is 7.75. The third kappa shape index (κ3) is 3.76. The molecule has 128 valence electrons. The number of hydrogen-bond donors (Lipinski definition) is 1. The number of likely N-dealkylation sites (N-methyl/N-ethyl adjacent to an activating group) is 1. The Labute approximate surface area is 143 Å². The fourth-order valence-electron chi connectivity index (χ4n) is 3.57. The van der Waals surface area contributed by atoms with E-state index < -0.39 is 0 Å². The van der Waals surface area contributed by atoms with Crippen molar-refractivity contribution < 1.29 is 4.79 Å². The number of thiophene rings is 1. The molecule has 0 bridgehead atoms. The lowest BCUT2D eigenvalue weighted by Crippen LogP contribution is -2.57. The summed E-state index contributed by atoms with van der Waals surface area (Å²) in [5, 5.41) is 5.56. The molecule has 1 aromatic rings. The second-order valence-electron chi connectivity index (χ2n) is 6.55. The van der Waals surface area contributed by atoms with E-state index in [9.17, 15) is 4.79 Å². The van der Waals surface area contributed by atoms with Crippen LogP contribution in [0.25, 0.3) is 0 Å². The van der Waals surface area contributed by atoms with Crippen molar-refractivity contribution in [3.05, 3.63) is 22.4 Å². The van der Waals surface area contributed by atoms with E-state index in [0.29, 0.717) is 11.9 Å². The zero-order valence-electron chi connectivity index (χ0n) is 14.2. The molecule has 0 saturated carbocycles. The Hall–Kier alpha value is -0.950. The summed E-state index contributed by atoms with van der Waals surface area (Å²) >= 11 is 1.71. The van der Waals surface area contributed by atoms with E-state index >= 15 is 0 Å². The number of carbonyl (C=O) groups excluding carboxylic acids is 1. The van der Waals surface area contributed by atoms with E-state index in [2.05, 4.69) is 51.5 Å². The molecule has 6 heteroatoms. The first-order chi connectivity index (χ1) is 11.2. The lowest BCUT2D eigenvalue weighted by Gasteiger charge is -2.43. The highest BCUT2D eigenvalue weighted by Crippen LogP contribution is 2.30. The molecule has 3 heterocycles. The summed E-state index contributed by atoms with van der Waals surface area (Å²) < 4.78 is 0. The Balaban J connectivity index is 1.82. The van der Waals surface area contributed by atoms with Gasteiger partial charge in [-0.2, -0.15) is 0 Å². The maximum atomic E-state index is 13.3. The van der Waals surface area contributed by atoms with Crippen LogP contribution in [0.1, 0.15) is 24.3 Å². The minimum Gasteiger partial charge on any atom is -0.338 e. The lowest BCUT2D eigenvalue weighted by atomic mass is 10.0. The molecule has 0 aromatic carbocycles. The SMILES string of the molecule is CCC1CNCCN1C(C(=O)N1CCN(C)CC1)c1cccs1. The molecule has 5 nitrogen and oxygen atoms in total. The molecule has 0 radical (unpaired) electrons. The summed E-state index contributed by atoms with van der Waals surface area (Å²) in [5.41, 5.74) is 0. The largest absolute Gasteiger partial charge is 0.338 e. The highest BCUT2D eigenvalue weighted by Gasteiger charge is 2.37. The molecule has 3 rings (SSSR count). The third-order valence-corrected chi connectivity index (χ3v) is 5.98. The van der Waals surface area contributed by atoms with Gasteiger partial charge in [0.25, 0.3) is 0 Å². The van der Waals surface area contributed by atoms with E-state index in [1.165, 1.54) is 4.88 Å². The van der Waals surface area contributed by atoms with Crippen LogP contribution in [0.4, 0.5) is 0 Å². The van der Waals surface area contributed by atoms with Crippen molar-refractivity contribution in [2.75, 3.05) is 52.9 Å². The van der Waals surface area contributed by atoms with Crippen LogP contribution in [0, 0.1) is 0 Å². The van der Waals surface area contributed by atoms with Crippen molar-refractivity contribution in [2.24, 2.45) is 0 Å². The quantitative estimate of drug-likeness (QED) is 0.898. The molecule has 2 fully saturated rings. The number of carbonyl (C=O) groups is 1. The van der Waals surface area contributed by atoms with Gasteiger partial charge in [-0.1, -0.05) is 13.0 Å².